The molecule has 0 saturated heterocycles. The van der Waals surface area contributed by atoms with E-state index in [1.165, 1.54) is 12.1 Å². The number of hydrogen-bond acceptors (Lipinski definition) is 3. The molecule has 76 valence electrons. The molecule has 0 heterocycles. The zero-order valence-corrected chi connectivity index (χ0v) is 7.86. The van der Waals surface area contributed by atoms with Crippen molar-refractivity contribution in [2.24, 2.45) is 5.73 Å². The quantitative estimate of drug-likeness (QED) is 0.755. The van der Waals surface area contributed by atoms with Crippen molar-refractivity contribution in [3.63, 3.8) is 0 Å². The van der Waals surface area contributed by atoms with Crippen molar-refractivity contribution in [2.45, 2.75) is 6.10 Å². The van der Waals surface area contributed by atoms with Crippen molar-refractivity contribution in [2.75, 3.05) is 6.56 Å². The van der Waals surface area contributed by atoms with Crippen LogP contribution < -0.4 is 5.73 Å². The summed E-state index contributed by atoms with van der Waals surface area (Å²) in [5, 5.41) is 9.86. The number of aliphatic hydroxyl groups excluding tert-OH is 1. The van der Waals surface area contributed by atoms with Gasteiger partial charge in [0.1, 0.15) is 12.7 Å². The van der Waals surface area contributed by atoms with Crippen LogP contribution in [-0.4, -0.2) is 17.8 Å². The molecule has 0 aliphatic carbocycles. The Hall–Kier alpha value is -1.26. The Labute approximate surface area is 89.0 Å². The van der Waals surface area contributed by atoms with Crippen LogP contribution in [0.3, 0.4) is 0 Å². The van der Waals surface area contributed by atoms with E-state index in [0.29, 0.717) is 0 Å². The molecular formula is C9H10ClNO3. The first kappa shape index (κ1) is 8.08. The predicted octanol–water partition coefficient (Wildman–Crippen LogP) is 1.47. The minimum absolute atomic E-state index is 0.121. The Balaban J connectivity index is 2.97. The first-order valence-corrected chi connectivity index (χ1v) is 4.13. The fourth-order valence-corrected chi connectivity index (χ4v) is 1.11. The number of halogens is 1. The van der Waals surface area contributed by atoms with E-state index >= 15 is 0 Å². The number of benzene rings is 1. The fraction of sp³-hybridized carbons (Fsp3) is 0.222. The molecule has 4 nitrogen and oxygen atoms in total. The smallest absolute Gasteiger partial charge is 0.404 e. The van der Waals surface area contributed by atoms with Gasteiger partial charge in [-0.25, -0.2) is 4.79 Å². The summed E-state index contributed by atoms with van der Waals surface area (Å²) in [6, 6.07) is 6.11. The molecule has 0 bridgehead atoms. The maximum Gasteiger partial charge on any atom is 0.404 e. The van der Waals surface area contributed by atoms with E-state index in [4.69, 9.17) is 14.3 Å². The molecule has 0 aliphatic heterocycles. The van der Waals surface area contributed by atoms with Crippen molar-refractivity contribution < 1.29 is 17.4 Å². The third kappa shape index (κ3) is 2.90. The molecule has 0 spiro atoms. The van der Waals surface area contributed by atoms with Crippen LogP contribution in [0.1, 0.15) is 14.4 Å². The van der Waals surface area contributed by atoms with Crippen molar-refractivity contribution in [3.05, 3.63) is 34.9 Å². The van der Waals surface area contributed by atoms with Gasteiger partial charge in [-0.1, -0.05) is 29.8 Å². The molecule has 0 aliphatic rings. The number of carbonyl (C=O) groups excluding carboxylic acids is 1. The maximum absolute atomic E-state index is 10.5. The minimum Gasteiger partial charge on any atom is -0.447 e. The number of nitrogens with two attached hydrogens (primary N) is 1. The van der Waals surface area contributed by atoms with Gasteiger partial charge >= 0.3 is 6.09 Å². The second kappa shape index (κ2) is 4.83. The lowest BCUT2D eigenvalue weighted by Gasteiger charge is -2.11. The second-order valence-corrected chi connectivity index (χ2v) is 2.87. The predicted molar refractivity (Wildman–Crippen MR) is 51.9 cm³/mol. The molecule has 1 aromatic rings. The van der Waals surface area contributed by atoms with E-state index in [-0.39, 0.29) is 10.6 Å². The molecule has 1 rings (SSSR count). The van der Waals surface area contributed by atoms with Gasteiger partial charge in [0.25, 0.3) is 0 Å². The number of carbonyl (C=O) groups is 1. The van der Waals surface area contributed by atoms with Gasteiger partial charge in [0.2, 0.25) is 0 Å². The minimum atomic E-state index is -2.63. The Kier molecular flexibility index (Phi) is 2.79. The number of ether oxygens (including phenoxy) is 1. The largest absolute Gasteiger partial charge is 0.447 e. The number of hydrogen-bond donors (Lipinski definition) is 2. The lowest BCUT2D eigenvalue weighted by Crippen LogP contribution is -2.17. The van der Waals surface area contributed by atoms with Crippen LogP contribution in [0.25, 0.3) is 0 Å². The molecule has 5 heteroatoms. The van der Waals surface area contributed by atoms with Gasteiger partial charge in [-0.15, -0.1) is 0 Å². The zero-order valence-electron chi connectivity index (χ0n) is 9.11. The molecule has 0 unspecified atom stereocenters. The van der Waals surface area contributed by atoms with Crippen LogP contribution in [0.15, 0.2) is 24.3 Å². The first-order valence-electron chi connectivity index (χ1n) is 4.75. The summed E-state index contributed by atoms with van der Waals surface area (Å²) in [4.78, 5) is 10.5. The summed E-state index contributed by atoms with van der Waals surface area (Å²) in [5.74, 6) is 0. The lowest BCUT2D eigenvalue weighted by molar-refractivity contribution is 0.0729. The molecule has 14 heavy (non-hydrogen) atoms. The van der Waals surface area contributed by atoms with Crippen LogP contribution in [0, 0.1) is 0 Å². The Morgan fingerprint density at radius 2 is 2.36 bits per heavy atom. The van der Waals surface area contributed by atoms with E-state index in [2.05, 4.69) is 10.5 Å². The Bertz CT molecular complexity index is 400. The average molecular weight is 219 g/mol. The number of amides is 1. The highest BCUT2D eigenvalue weighted by Gasteiger charge is 2.12. The second-order valence-electron chi connectivity index (χ2n) is 2.46. The average Bonchev–Trinajstić information content (AvgIpc) is 2.15. The van der Waals surface area contributed by atoms with E-state index in [1.54, 1.807) is 12.1 Å². The van der Waals surface area contributed by atoms with Crippen molar-refractivity contribution >= 4 is 17.7 Å². The normalized spacial score (nSPS) is 15.3. The maximum atomic E-state index is 10.5. The zero-order chi connectivity index (χ0) is 12.3. The topological polar surface area (TPSA) is 72.5 Å². The summed E-state index contributed by atoms with van der Waals surface area (Å²) < 4.78 is 18.8. The number of primary amides is 1. The standard InChI is InChI=1S/C9H10ClNO3/c10-7-4-2-1-3-6(7)8(12)5-14-9(11)13/h1-4,8,12H,5H2,(H2,11,13)/t8-/m1/s1/i5D2,11+1. The Morgan fingerprint density at radius 1 is 1.71 bits per heavy atom. The van der Waals surface area contributed by atoms with Crippen LogP contribution in [0.5, 0.6) is 0 Å². The summed E-state index contributed by atoms with van der Waals surface area (Å²) in [6.07, 6.45) is -3.01. The molecule has 1 atom stereocenters. The van der Waals surface area contributed by atoms with Crippen LogP contribution in [-0.2, 0) is 4.74 Å². The number of aliphatic hydroxyl groups is 1. The fourth-order valence-electron chi connectivity index (χ4n) is 0.874. The van der Waals surface area contributed by atoms with Crippen LogP contribution in [0.4, 0.5) is 4.79 Å². The molecule has 1 aromatic carbocycles. The third-order valence-corrected chi connectivity index (χ3v) is 1.82. The summed E-state index contributed by atoms with van der Waals surface area (Å²) >= 11 is 5.76. The van der Waals surface area contributed by atoms with Gasteiger partial charge in [-0.3, -0.25) is 0 Å². The third-order valence-electron chi connectivity index (χ3n) is 1.47. The summed E-state index contributed by atoms with van der Waals surface area (Å²) in [5.41, 5.74) is 4.81. The van der Waals surface area contributed by atoms with E-state index in [1.807, 2.05) is 0 Å². The van der Waals surface area contributed by atoms with E-state index in [0.717, 1.165) is 0 Å². The molecule has 0 radical (unpaired) electrons. The first-order chi connectivity index (χ1) is 7.34. The van der Waals surface area contributed by atoms with Gasteiger partial charge in [-0.05, 0) is 6.07 Å². The van der Waals surface area contributed by atoms with Crippen LogP contribution in [0.2, 0.25) is 5.02 Å². The Morgan fingerprint density at radius 3 is 2.93 bits per heavy atom. The molecule has 1 amide bonds. The highest BCUT2D eigenvalue weighted by Crippen LogP contribution is 2.22. The van der Waals surface area contributed by atoms with E-state index in [9.17, 15) is 9.90 Å². The highest BCUT2D eigenvalue weighted by atomic mass is 35.5. The molecule has 0 aromatic heterocycles. The van der Waals surface area contributed by atoms with Gasteiger partial charge in [0, 0.05) is 10.6 Å². The van der Waals surface area contributed by atoms with Gasteiger partial charge in [0.15, 0.2) is 0 Å². The van der Waals surface area contributed by atoms with Crippen LogP contribution >= 0.6 is 11.6 Å². The summed E-state index contributed by atoms with van der Waals surface area (Å²) in [6.45, 7) is -2.63. The van der Waals surface area contributed by atoms with Gasteiger partial charge in [0.05, 0.1) is 2.74 Å². The SMILES string of the molecule is [2H]C([2H])(OC([15NH2])=O)[C@@H](O)c1ccccc1Cl. The van der Waals surface area contributed by atoms with Crippen molar-refractivity contribution in [1.29, 1.82) is 0 Å². The summed E-state index contributed by atoms with van der Waals surface area (Å²) in [7, 11) is 0. The number of rotatable bonds is 3. The van der Waals surface area contributed by atoms with Gasteiger partial charge < -0.3 is 15.6 Å². The molecule has 0 fully saturated rings. The van der Waals surface area contributed by atoms with E-state index < -0.39 is 18.8 Å². The highest BCUT2D eigenvalue weighted by molar-refractivity contribution is 6.31. The monoisotopic (exact) mass is 218 g/mol. The lowest BCUT2D eigenvalue weighted by atomic mass is 10.1. The molecule has 3 N–H and O–H groups in total. The molecule has 0 saturated carbocycles. The molecular weight excluding hydrogens is 207 g/mol. The van der Waals surface area contributed by atoms with Crippen molar-refractivity contribution in [3.8, 4) is 0 Å². The van der Waals surface area contributed by atoms with Gasteiger partial charge in [-0.2, -0.15) is 0 Å². The van der Waals surface area contributed by atoms with Crippen molar-refractivity contribution in [1.82, 2.24) is 0 Å².